The van der Waals surface area contributed by atoms with Crippen molar-refractivity contribution in [3.05, 3.63) is 88.7 Å². The summed E-state index contributed by atoms with van der Waals surface area (Å²) in [6, 6.07) is 10.8. The van der Waals surface area contributed by atoms with Gasteiger partial charge in [-0.15, -0.1) is 0 Å². The molecular formula is C23H26ClN5O2. The minimum absolute atomic E-state index is 0.0671. The van der Waals surface area contributed by atoms with Gasteiger partial charge in [0.2, 0.25) is 0 Å². The Kier molecular flexibility index (Phi) is 8.06. The Balaban J connectivity index is 1.47. The van der Waals surface area contributed by atoms with Gasteiger partial charge in [0.05, 0.1) is 24.0 Å². The van der Waals surface area contributed by atoms with Crippen molar-refractivity contribution in [1.82, 2.24) is 25.2 Å². The highest BCUT2D eigenvalue weighted by Crippen LogP contribution is 2.18. The molecule has 2 aromatic heterocycles. The standard InChI is InChI=1S/C23H26ClN5O2/c1-16(20-14-26-11-12-27-20)29(2)23(31)18-5-3-17(4-6-18)9-10-25-15-21(30)19-7-8-22(24)28-13-19/h3-8,11-14,16,21,25,30H,9-10,15H2,1-2H3/t16?,21-/m0/s1. The maximum absolute atomic E-state index is 12.8. The highest BCUT2D eigenvalue weighted by Gasteiger charge is 2.20. The summed E-state index contributed by atoms with van der Waals surface area (Å²) >= 11 is 5.76. The summed E-state index contributed by atoms with van der Waals surface area (Å²) in [4.78, 5) is 26.8. The molecule has 1 aromatic carbocycles. The number of aliphatic hydroxyl groups excluding tert-OH is 1. The third kappa shape index (κ3) is 6.30. The van der Waals surface area contributed by atoms with Gasteiger partial charge in [-0.1, -0.05) is 29.8 Å². The molecule has 0 aliphatic heterocycles. The lowest BCUT2D eigenvalue weighted by molar-refractivity contribution is 0.0739. The van der Waals surface area contributed by atoms with E-state index in [2.05, 4.69) is 20.3 Å². The van der Waals surface area contributed by atoms with E-state index in [9.17, 15) is 9.90 Å². The van der Waals surface area contributed by atoms with Crippen LogP contribution in [0.25, 0.3) is 0 Å². The number of hydrogen-bond acceptors (Lipinski definition) is 6. The molecule has 8 heteroatoms. The van der Waals surface area contributed by atoms with E-state index in [0.717, 1.165) is 23.2 Å². The topological polar surface area (TPSA) is 91.2 Å². The van der Waals surface area contributed by atoms with Gasteiger partial charge < -0.3 is 15.3 Å². The third-order valence-electron chi connectivity index (χ3n) is 5.18. The predicted molar refractivity (Wildman–Crippen MR) is 120 cm³/mol. The molecule has 0 radical (unpaired) electrons. The summed E-state index contributed by atoms with van der Waals surface area (Å²) in [5.41, 5.74) is 3.20. The van der Waals surface area contributed by atoms with Gasteiger partial charge in [0.1, 0.15) is 5.15 Å². The number of nitrogens with one attached hydrogen (secondary N) is 1. The number of halogens is 1. The highest BCUT2D eigenvalue weighted by atomic mass is 35.5. The lowest BCUT2D eigenvalue weighted by atomic mass is 10.1. The normalized spacial score (nSPS) is 12.9. The zero-order valence-corrected chi connectivity index (χ0v) is 18.3. The van der Waals surface area contributed by atoms with Crippen molar-refractivity contribution in [1.29, 1.82) is 0 Å². The second kappa shape index (κ2) is 10.9. The van der Waals surface area contributed by atoms with Gasteiger partial charge in [-0.05, 0) is 43.7 Å². The Morgan fingerprint density at radius 3 is 2.55 bits per heavy atom. The van der Waals surface area contributed by atoms with Crippen molar-refractivity contribution in [2.45, 2.75) is 25.5 Å². The first-order valence-electron chi connectivity index (χ1n) is 10.1. The van der Waals surface area contributed by atoms with Crippen molar-refractivity contribution in [2.24, 2.45) is 0 Å². The molecule has 0 aliphatic rings. The van der Waals surface area contributed by atoms with Crippen molar-refractivity contribution >= 4 is 17.5 Å². The number of rotatable bonds is 9. The quantitative estimate of drug-likeness (QED) is 0.393. The second-order valence-electron chi connectivity index (χ2n) is 7.30. The van der Waals surface area contributed by atoms with Crippen LogP contribution in [0.1, 0.15) is 46.2 Å². The number of hydrogen-bond donors (Lipinski definition) is 2. The third-order valence-corrected chi connectivity index (χ3v) is 5.40. The second-order valence-corrected chi connectivity index (χ2v) is 7.69. The van der Waals surface area contributed by atoms with Crippen molar-refractivity contribution in [3.63, 3.8) is 0 Å². The number of carbonyl (C=O) groups excluding carboxylic acids is 1. The number of amides is 1. The Labute approximate surface area is 187 Å². The zero-order chi connectivity index (χ0) is 22.2. The van der Waals surface area contributed by atoms with Gasteiger partial charge in [-0.2, -0.15) is 0 Å². The van der Waals surface area contributed by atoms with Crippen LogP contribution in [0, 0.1) is 0 Å². The fraction of sp³-hybridized carbons (Fsp3) is 0.304. The first kappa shape index (κ1) is 22.8. The van der Waals surface area contributed by atoms with E-state index < -0.39 is 6.10 Å². The van der Waals surface area contributed by atoms with E-state index >= 15 is 0 Å². The van der Waals surface area contributed by atoms with Crippen LogP contribution in [0.15, 0.2) is 61.2 Å². The molecule has 31 heavy (non-hydrogen) atoms. The maximum Gasteiger partial charge on any atom is 0.254 e. The predicted octanol–water partition coefficient (Wildman–Crippen LogP) is 3.22. The Bertz CT molecular complexity index is 968. The van der Waals surface area contributed by atoms with Crippen LogP contribution in [0.3, 0.4) is 0 Å². The van der Waals surface area contributed by atoms with Crippen LogP contribution in [-0.4, -0.2) is 51.0 Å². The molecule has 0 fully saturated rings. The lowest BCUT2D eigenvalue weighted by Gasteiger charge is -2.24. The van der Waals surface area contributed by atoms with Crippen molar-refractivity contribution in [2.75, 3.05) is 20.1 Å². The fourth-order valence-corrected chi connectivity index (χ4v) is 3.20. The van der Waals surface area contributed by atoms with Gasteiger partial charge in [-0.3, -0.25) is 14.8 Å². The molecule has 1 amide bonds. The summed E-state index contributed by atoms with van der Waals surface area (Å²) in [5.74, 6) is -0.0671. The molecule has 0 saturated carbocycles. The highest BCUT2D eigenvalue weighted by molar-refractivity contribution is 6.29. The molecule has 0 spiro atoms. The average molecular weight is 440 g/mol. The van der Waals surface area contributed by atoms with Crippen LogP contribution in [-0.2, 0) is 6.42 Å². The first-order chi connectivity index (χ1) is 15.0. The van der Waals surface area contributed by atoms with Gasteiger partial charge >= 0.3 is 0 Å². The van der Waals surface area contributed by atoms with E-state index in [1.54, 1.807) is 48.9 Å². The Morgan fingerprint density at radius 2 is 1.90 bits per heavy atom. The molecule has 7 nitrogen and oxygen atoms in total. The van der Waals surface area contributed by atoms with Crippen molar-refractivity contribution < 1.29 is 9.90 Å². The molecule has 2 atom stereocenters. The zero-order valence-electron chi connectivity index (χ0n) is 17.6. The first-order valence-corrected chi connectivity index (χ1v) is 10.5. The minimum atomic E-state index is -0.642. The number of aromatic nitrogens is 3. The number of pyridine rings is 1. The van der Waals surface area contributed by atoms with E-state index in [-0.39, 0.29) is 11.9 Å². The number of aliphatic hydroxyl groups is 1. The average Bonchev–Trinajstić information content (AvgIpc) is 2.81. The van der Waals surface area contributed by atoms with Crippen LogP contribution in [0.4, 0.5) is 0 Å². The van der Waals surface area contributed by atoms with E-state index in [1.165, 1.54) is 0 Å². The molecule has 2 N–H and O–H groups in total. The summed E-state index contributed by atoms with van der Waals surface area (Å²) in [6.45, 7) is 3.05. The number of benzene rings is 1. The smallest absolute Gasteiger partial charge is 0.254 e. The Morgan fingerprint density at radius 1 is 1.13 bits per heavy atom. The van der Waals surface area contributed by atoms with Crippen LogP contribution in [0.5, 0.6) is 0 Å². The van der Waals surface area contributed by atoms with Gasteiger partial charge in [-0.25, -0.2) is 4.98 Å². The molecule has 162 valence electrons. The van der Waals surface area contributed by atoms with Crippen LogP contribution >= 0.6 is 11.6 Å². The van der Waals surface area contributed by atoms with Crippen molar-refractivity contribution in [3.8, 4) is 0 Å². The molecule has 1 unspecified atom stereocenters. The molecule has 3 aromatic rings. The van der Waals surface area contributed by atoms with E-state index in [0.29, 0.717) is 23.8 Å². The van der Waals surface area contributed by atoms with E-state index in [4.69, 9.17) is 11.6 Å². The van der Waals surface area contributed by atoms with Gasteiger partial charge in [0.25, 0.3) is 5.91 Å². The van der Waals surface area contributed by atoms with Gasteiger partial charge in [0.15, 0.2) is 0 Å². The molecule has 0 bridgehead atoms. The summed E-state index contributed by atoms with van der Waals surface area (Å²) < 4.78 is 0. The molecule has 0 aliphatic carbocycles. The van der Waals surface area contributed by atoms with E-state index in [1.807, 2.05) is 31.2 Å². The molecule has 2 heterocycles. The SMILES string of the molecule is CC(c1cnccn1)N(C)C(=O)c1ccc(CCNC[C@H](O)c2ccc(Cl)nc2)cc1. The summed E-state index contributed by atoms with van der Waals surface area (Å²) in [6.07, 6.45) is 6.62. The lowest BCUT2D eigenvalue weighted by Crippen LogP contribution is -2.30. The minimum Gasteiger partial charge on any atom is -0.387 e. The molecule has 3 rings (SSSR count). The number of carbonyl (C=O) groups is 1. The monoisotopic (exact) mass is 439 g/mol. The molecule has 0 saturated heterocycles. The fourth-order valence-electron chi connectivity index (χ4n) is 3.09. The largest absolute Gasteiger partial charge is 0.387 e. The van der Waals surface area contributed by atoms with Crippen LogP contribution in [0.2, 0.25) is 5.15 Å². The maximum atomic E-state index is 12.8. The molecular weight excluding hydrogens is 414 g/mol. The summed E-state index contributed by atoms with van der Waals surface area (Å²) in [7, 11) is 1.76. The number of nitrogens with zero attached hydrogens (tertiary/aromatic N) is 4. The van der Waals surface area contributed by atoms with Gasteiger partial charge in [0, 0.05) is 43.3 Å². The van der Waals surface area contributed by atoms with Crippen LogP contribution < -0.4 is 5.32 Å². The Hall–Kier alpha value is -2.87. The summed E-state index contributed by atoms with van der Waals surface area (Å²) in [5, 5.41) is 13.8.